The standard InChI is InChI=1S/C13H12BrNO2S2/c1-7-8(2)19-12(15-7)6-18-11-5-9(14)3-4-10(11)13(16)17/h3-5H,6H2,1-2H3,(H,16,17). The van der Waals surface area contributed by atoms with Crippen LogP contribution in [0.25, 0.3) is 0 Å². The summed E-state index contributed by atoms with van der Waals surface area (Å²) in [4.78, 5) is 17.6. The molecule has 0 aliphatic rings. The minimum Gasteiger partial charge on any atom is -0.478 e. The highest BCUT2D eigenvalue weighted by Crippen LogP contribution is 2.31. The molecule has 0 unspecified atom stereocenters. The van der Waals surface area contributed by atoms with Gasteiger partial charge in [0.25, 0.3) is 0 Å². The predicted molar refractivity (Wildman–Crippen MR) is 82.3 cm³/mol. The van der Waals surface area contributed by atoms with Crippen LogP contribution in [-0.2, 0) is 5.75 Å². The molecule has 6 heteroatoms. The zero-order valence-electron chi connectivity index (χ0n) is 10.4. The van der Waals surface area contributed by atoms with Crippen molar-refractivity contribution in [3.63, 3.8) is 0 Å². The first-order valence-electron chi connectivity index (χ1n) is 5.56. The molecule has 1 aromatic carbocycles. The lowest BCUT2D eigenvalue weighted by Gasteiger charge is -2.05. The second-order valence-electron chi connectivity index (χ2n) is 3.98. The maximum Gasteiger partial charge on any atom is 0.336 e. The first-order chi connectivity index (χ1) is 8.97. The number of nitrogens with zero attached hydrogens (tertiary/aromatic N) is 1. The fourth-order valence-corrected chi connectivity index (χ4v) is 4.05. The van der Waals surface area contributed by atoms with Gasteiger partial charge in [-0.3, -0.25) is 0 Å². The molecule has 0 spiro atoms. The van der Waals surface area contributed by atoms with Crippen LogP contribution >= 0.6 is 39.0 Å². The predicted octanol–water partition coefficient (Wildman–Crippen LogP) is 4.51. The summed E-state index contributed by atoms with van der Waals surface area (Å²) in [5.41, 5.74) is 1.38. The van der Waals surface area contributed by atoms with Crippen molar-refractivity contribution in [2.75, 3.05) is 0 Å². The maximum absolute atomic E-state index is 11.2. The summed E-state index contributed by atoms with van der Waals surface area (Å²) in [7, 11) is 0. The molecular formula is C13H12BrNO2S2. The fourth-order valence-electron chi connectivity index (χ4n) is 1.53. The van der Waals surface area contributed by atoms with Gasteiger partial charge in [-0.1, -0.05) is 15.9 Å². The number of carbonyl (C=O) groups is 1. The first kappa shape index (κ1) is 14.6. The number of carboxylic acids is 1. The van der Waals surface area contributed by atoms with Crippen molar-refractivity contribution in [1.29, 1.82) is 0 Å². The van der Waals surface area contributed by atoms with Gasteiger partial charge in [-0.05, 0) is 32.0 Å². The van der Waals surface area contributed by atoms with Crippen LogP contribution in [0.2, 0.25) is 0 Å². The molecule has 0 aliphatic heterocycles. The zero-order valence-corrected chi connectivity index (χ0v) is 13.7. The van der Waals surface area contributed by atoms with Gasteiger partial charge in [0, 0.05) is 14.2 Å². The van der Waals surface area contributed by atoms with Gasteiger partial charge in [0.1, 0.15) is 5.01 Å². The summed E-state index contributed by atoms with van der Waals surface area (Å²) in [5, 5.41) is 10.2. The SMILES string of the molecule is Cc1nc(CSc2cc(Br)ccc2C(=O)O)sc1C. The third kappa shape index (κ3) is 3.58. The summed E-state index contributed by atoms with van der Waals surface area (Å²) < 4.78 is 0.881. The lowest BCUT2D eigenvalue weighted by atomic mass is 10.2. The van der Waals surface area contributed by atoms with E-state index in [1.807, 2.05) is 19.9 Å². The number of carboxylic acid groups (broad SMARTS) is 1. The highest BCUT2D eigenvalue weighted by Gasteiger charge is 2.12. The highest BCUT2D eigenvalue weighted by molar-refractivity contribution is 9.10. The van der Waals surface area contributed by atoms with Crippen LogP contribution in [0.3, 0.4) is 0 Å². The van der Waals surface area contributed by atoms with E-state index in [1.54, 1.807) is 23.5 Å². The second-order valence-corrected chi connectivity index (χ2v) is 7.20. The van der Waals surface area contributed by atoms with Crippen LogP contribution in [0, 0.1) is 13.8 Å². The summed E-state index contributed by atoms with van der Waals surface area (Å²) in [6.07, 6.45) is 0. The molecule has 1 heterocycles. The van der Waals surface area contributed by atoms with Crippen molar-refractivity contribution in [2.45, 2.75) is 24.5 Å². The van der Waals surface area contributed by atoms with Gasteiger partial charge < -0.3 is 5.11 Å². The van der Waals surface area contributed by atoms with E-state index in [-0.39, 0.29) is 0 Å². The van der Waals surface area contributed by atoms with E-state index in [4.69, 9.17) is 5.11 Å². The number of rotatable bonds is 4. The topological polar surface area (TPSA) is 50.2 Å². The molecule has 19 heavy (non-hydrogen) atoms. The van der Waals surface area contributed by atoms with Crippen molar-refractivity contribution in [3.05, 3.63) is 43.8 Å². The lowest BCUT2D eigenvalue weighted by molar-refractivity contribution is 0.0693. The molecule has 2 rings (SSSR count). The van der Waals surface area contributed by atoms with E-state index in [9.17, 15) is 4.79 Å². The van der Waals surface area contributed by atoms with E-state index in [0.717, 1.165) is 20.1 Å². The molecule has 0 amide bonds. The van der Waals surface area contributed by atoms with Crippen molar-refractivity contribution in [1.82, 2.24) is 4.98 Å². The Kier molecular flexibility index (Phi) is 4.65. The Labute approximate surface area is 128 Å². The van der Waals surface area contributed by atoms with Crippen molar-refractivity contribution < 1.29 is 9.90 Å². The van der Waals surface area contributed by atoms with E-state index in [0.29, 0.717) is 11.3 Å². The van der Waals surface area contributed by atoms with Gasteiger partial charge in [0.15, 0.2) is 0 Å². The monoisotopic (exact) mass is 357 g/mol. The Balaban J connectivity index is 2.19. The van der Waals surface area contributed by atoms with E-state index in [2.05, 4.69) is 20.9 Å². The van der Waals surface area contributed by atoms with Crippen LogP contribution in [0.5, 0.6) is 0 Å². The Hall–Kier alpha value is -0.850. The number of aryl methyl sites for hydroxylation is 2. The Morgan fingerprint density at radius 1 is 1.47 bits per heavy atom. The van der Waals surface area contributed by atoms with Gasteiger partial charge in [-0.25, -0.2) is 9.78 Å². The number of hydrogen-bond acceptors (Lipinski definition) is 4. The Morgan fingerprint density at radius 2 is 2.21 bits per heavy atom. The van der Waals surface area contributed by atoms with E-state index >= 15 is 0 Å². The van der Waals surface area contributed by atoms with Gasteiger partial charge in [-0.15, -0.1) is 23.1 Å². The summed E-state index contributed by atoms with van der Waals surface area (Å²) in [6.45, 7) is 4.03. The summed E-state index contributed by atoms with van der Waals surface area (Å²) in [5.74, 6) is -0.211. The van der Waals surface area contributed by atoms with E-state index < -0.39 is 5.97 Å². The summed E-state index contributed by atoms with van der Waals surface area (Å²) >= 11 is 6.53. The van der Waals surface area contributed by atoms with Crippen LogP contribution in [-0.4, -0.2) is 16.1 Å². The molecule has 0 bridgehead atoms. The average Bonchev–Trinajstić information content (AvgIpc) is 2.66. The van der Waals surface area contributed by atoms with Crippen LogP contribution in [0.15, 0.2) is 27.6 Å². The molecule has 1 N–H and O–H groups in total. The first-order valence-corrected chi connectivity index (χ1v) is 8.15. The molecule has 0 aliphatic carbocycles. The zero-order chi connectivity index (χ0) is 14.0. The smallest absolute Gasteiger partial charge is 0.336 e. The molecule has 3 nitrogen and oxygen atoms in total. The van der Waals surface area contributed by atoms with Crippen LogP contribution < -0.4 is 0 Å². The summed E-state index contributed by atoms with van der Waals surface area (Å²) in [6, 6.07) is 5.19. The second kappa shape index (κ2) is 6.07. The van der Waals surface area contributed by atoms with Gasteiger partial charge in [0.05, 0.1) is 17.0 Å². The number of hydrogen-bond donors (Lipinski definition) is 1. The normalized spacial score (nSPS) is 10.7. The minimum absolute atomic E-state index is 0.332. The number of aromatic carboxylic acids is 1. The van der Waals surface area contributed by atoms with Crippen molar-refractivity contribution >= 4 is 45.0 Å². The maximum atomic E-state index is 11.2. The molecule has 2 aromatic rings. The molecular weight excluding hydrogens is 346 g/mol. The number of halogens is 1. The molecule has 0 fully saturated rings. The quantitative estimate of drug-likeness (QED) is 0.817. The molecule has 0 radical (unpaired) electrons. The molecule has 100 valence electrons. The molecule has 0 saturated heterocycles. The largest absolute Gasteiger partial charge is 0.478 e. The van der Waals surface area contributed by atoms with Crippen molar-refractivity contribution in [2.24, 2.45) is 0 Å². The van der Waals surface area contributed by atoms with Crippen LogP contribution in [0.4, 0.5) is 0 Å². The third-order valence-corrected chi connectivity index (χ3v) is 5.41. The fraction of sp³-hybridized carbons (Fsp3) is 0.231. The molecule has 1 aromatic heterocycles. The minimum atomic E-state index is -0.901. The van der Waals surface area contributed by atoms with E-state index in [1.165, 1.54) is 16.6 Å². The number of aromatic nitrogens is 1. The van der Waals surface area contributed by atoms with Crippen molar-refractivity contribution in [3.8, 4) is 0 Å². The molecule has 0 saturated carbocycles. The van der Waals surface area contributed by atoms with Gasteiger partial charge in [0.2, 0.25) is 0 Å². The Morgan fingerprint density at radius 3 is 2.79 bits per heavy atom. The number of benzene rings is 1. The number of thiazole rings is 1. The third-order valence-electron chi connectivity index (χ3n) is 2.60. The lowest BCUT2D eigenvalue weighted by Crippen LogP contribution is -1.98. The Bertz CT molecular complexity index is 606. The van der Waals surface area contributed by atoms with Gasteiger partial charge >= 0.3 is 5.97 Å². The highest BCUT2D eigenvalue weighted by atomic mass is 79.9. The average molecular weight is 358 g/mol. The molecule has 0 atom stereocenters. The number of thioether (sulfide) groups is 1. The van der Waals surface area contributed by atoms with Crippen LogP contribution in [0.1, 0.15) is 25.9 Å². The van der Waals surface area contributed by atoms with Gasteiger partial charge in [-0.2, -0.15) is 0 Å².